The normalized spacial score (nSPS) is 15.3. The van der Waals surface area contributed by atoms with E-state index in [1.54, 1.807) is 12.1 Å². The van der Waals surface area contributed by atoms with Crippen LogP contribution in [0, 0.1) is 11.7 Å². The van der Waals surface area contributed by atoms with Crippen molar-refractivity contribution < 1.29 is 13.9 Å². The first kappa shape index (κ1) is 23.3. The molecule has 0 unspecified atom stereocenters. The molecule has 1 heterocycles. The van der Waals surface area contributed by atoms with Gasteiger partial charge in [0.1, 0.15) is 11.6 Å². The van der Waals surface area contributed by atoms with Gasteiger partial charge < -0.3 is 14.5 Å². The Morgan fingerprint density at radius 2 is 1.68 bits per heavy atom. The van der Waals surface area contributed by atoms with E-state index in [1.807, 2.05) is 29.2 Å². The van der Waals surface area contributed by atoms with Gasteiger partial charge in [0.2, 0.25) is 5.91 Å². The molecule has 0 aliphatic carbocycles. The zero-order chi connectivity index (χ0) is 22.2. The molecule has 0 aromatic heterocycles. The maximum atomic E-state index is 13.3. The maximum absolute atomic E-state index is 13.3. The number of nitrogens with zero attached hydrogens (tertiary/aromatic N) is 2. The number of carbonyl (C=O) groups is 1. The van der Waals surface area contributed by atoms with Crippen LogP contribution in [0.4, 0.5) is 4.39 Å². The average molecular weight is 427 g/mol. The summed E-state index contributed by atoms with van der Waals surface area (Å²) in [4.78, 5) is 17.5. The molecule has 1 aliphatic heterocycles. The van der Waals surface area contributed by atoms with Gasteiger partial charge in [0.15, 0.2) is 0 Å². The van der Waals surface area contributed by atoms with E-state index in [2.05, 4.69) is 25.8 Å². The topological polar surface area (TPSA) is 32.8 Å². The summed E-state index contributed by atoms with van der Waals surface area (Å²) in [5, 5.41) is 0. The summed E-state index contributed by atoms with van der Waals surface area (Å²) < 4.78 is 19.1. The Hall–Kier alpha value is -2.40. The fourth-order valence-electron chi connectivity index (χ4n) is 3.92. The summed E-state index contributed by atoms with van der Waals surface area (Å²) in [6, 6.07) is 14.8. The molecule has 1 saturated heterocycles. The molecule has 5 heteroatoms. The van der Waals surface area contributed by atoms with E-state index in [0.717, 1.165) is 42.8 Å². The standard InChI is InChI=1S/C26H35FN2O2/c1-20(2)19-31-25-11-6-21(7-12-25)8-13-26(30)29(24-14-16-28(3)17-15-24)18-22-4-9-23(27)10-5-22/h4-7,9-12,20,24H,8,13-19H2,1-3H3. The second kappa shape index (κ2) is 11.3. The second-order valence-electron chi connectivity index (χ2n) is 9.03. The Kier molecular flexibility index (Phi) is 8.47. The van der Waals surface area contributed by atoms with Crippen molar-refractivity contribution in [3.63, 3.8) is 0 Å². The minimum absolute atomic E-state index is 0.166. The number of likely N-dealkylation sites (tertiary alicyclic amines) is 1. The van der Waals surface area contributed by atoms with Crippen LogP contribution in [-0.4, -0.2) is 48.5 Å². The number of amides is 1. The van der Waals surface area contributed by atoms with Crippen LogP contribution in [-0.2, 0) is 17.8 Å². The number of hydrogen-bond donors (Lipinski definition) is 0. The summed E-state index contributed by atoms with van der Waals surface area (Å²) in [7, 11) is 2.12. The highest BCUT2D eigenvalue weighted by Gasteiger charge is 2.26. The molecule has 3 rings (SSSR count). The number of halogens is 1. The molecule has 168 valence electrons. The van der Waals surface area contributed by atoms with Gasteiger partial charge in [-0.1, -0.05) is 38.1 Å². The lowest BCUT2D eigenvalue weighted by Gasteiger charge is -2.37. The van der Waals surface area contributed by atoms with Crippen molar-refractivity contribution in [2.24, 2.45) is 5.92 Å². The zero-order valence-corrected chi connectivity index (χ0v) is 19.0. The molecule has 0 N–H and O–H groups in total. The Bertz CT molecular complexity index is 812. The van der Waals surface area contributed by atoms with E-state index in [9.17, 15) is 9.18 Å². The molecule has 0 radical (unpaired) electrons. The van der Waals surface area contributed by atoms with Crippen molar-refractivity contribution in [1.29, 1.82) is 0 Å². The average Bonchev–Trinajstić information content (AvgIpc) is 2.77. The van der Waals surface area contributed by atoms with Gasteiger partial charge in [-0.25, -0.2) is 4.39 Å². The van der Waals surface area contributed by atoms with Gasteiger partial charge in [0, 0.05) is 19.0 Å². The number of aryl methyl sites for hydroxylation is 1. The van der Waals surface area contributed by atoms with Crippen LogP contribution in [0.15, 0.2) is 48.5 Å². The van der Waals surface area contributed by atoms with Gasteiger partial charge in [-0.05, 0) is 80.7 Å². The van der Waals surface area contributed by atoms with Gasteiger partial charge in [0.05, 0.1) is 6.61 Å². The molecule has 1 aliphatic rings. The van der Waals surface area contributed by atoms with Crippen molar-refractivity contribution in [1.82, 2.24) is 9.80 Å². The maximum Gasteiger partial charge on any atom is 0.223 e. The van der Waals surface area contributed by atoms with Crippen LogP contribution in [0.3, 0.4) is 0 Å². The Morgan fingerprint density at radius 1 is 1.06 bits per heavy atom. The molecular weight excluding hydrogens is 391 g/mol. The van der Waals surface area contributed by atoms with Crippen molar-refractivity contribution in [2.45, 2.75) is 52.1 Å². The highest BCUT2D eigenvalue weighted by Crippen LogP contribution is 2.21. The van der Waals surface area contributed by atoms with Crippen LogP contribution in [0.2, 0.25) is 0 Å². The molecular formula is C26H35FN2O2. The lowest BCUT2D eigenvalue weighted by molar-refractivity contribution is -0.135. The molecule has 0 saturated carbocycles. The lowest BCUT2D eigenvalue weighted by atomic mass is 10.0. The Balaban J connectivity index is 1.61. The predicted molar refractivity (Wildman–Crippen MR) is 123 cm³/mol. The van der Waals surface area contributed by atoms with Gasteiger partial charge in [-0.2, -0.15) is 0 Å². The molecule has 1 fully saturated rings. The van der Waals surface area contributed by atoms with Crippen molar-refractivity contribution in [3.05, 3.63) is 65.5 Å². The fraction of sp³-hybridized carbons (Fsp3) is 0.500. The third-order valence-electron chi connectivity index (χ3n) is 5.85. The molecule has 2 aromatic rings. The summed E-state index contributed by atoms with van der Waals surface area (Å²) in [6.07, 6.45) is 3.13. The molecule has 31 heavy (non-hydrogen) atoms. The third kappa shape index (κ3) is 7.35. The summed E-state index contributed by atoms with van der Waals surface area (Å²) in [5.41, 5.74) is 2.11. The van der Waals surface area contributed by atoms with Crippen molar-refractivity contribution in [3.8, 4) is 5.75 Å². The first-order chi connectivity index (χ1) is 14.9. The number of carbonyl (C=O) groups excluding carboxylic acids is 1. The molecule has 0 spiro atoms. The molecule has 2 aromatic carbocycles. The van der Waals surface area contributed by atoms with E-state index in [0.29, 0.717) is 31.9 Å². The van der Waals surface area contributed by atoms with E-state index in [4.69, 9.17) is 4.74 Å². The van der Waals surface area contributed by atoms with Gasteiger partial charge >= 0.3 is 0 Å². The van der Waals surface area contributed by atoms with Crippen LogP contribution < -0.4 is 4.74 Å². The van der Waals surface area contributed by atoms with E-state index in [1.165, 1.54) is 12.1 Å². The Labute approximate surface area is 186 Å². The fourth-order valence-corrected chi connectivity index (χ4v) is 3.92. The SMILES string of the molecule is CC(C)COc1ccc(CCC(=O)N(Cc2ccc(F)cc2)C2CCN(C)CC2)cc1. The number of piperidine rings is 1. The van der Waals surface area contributed by atoms with Crippen molar-refractivity contribution >= 4 is 5.91 Å². The highest BCUT2D eigenvalue weighted by molar-refractivity contribution is 5.77. The number of hydrogen-bond acceptors (Lipinski definition) is 3. The molecule has 0 bridgehead atoms. The summed E-state index contributed by atoms with van der Waals surface area (Å²) >= 11 is 0. The first-order valence-corrected chi connectivity index (χ1v) is 11.3. The van der Waals surface area contributed by atoms with Crippen LogP contribution in [0.25, 0.3) is 0 Å². The Morgan fingerprint density at radius 3 is 2.29 bits per heavy atom. The second-order valence-corrected chi connectivity index (χ2v) is 9.03. The predicted octanol–water partition coefficient (Wildman–Crippen LogP) is 4.92. The monoisotopic (exact) mass is 426 g/mol. The first-order valence-electron chi connectivity index (χ1n) is 11.3. The number of rotatable bonds is 9. The lowest BCUT2D eigenvalue weighted by Crippen LogP contribution is -2.46. The van der Waals surface area contributed by atoms with E-state index >= 15 is 0 Å². The molecule has 0 atom stereocenters. The molecule has 4 nitrogen and oxygen atoms in total. The van der Waals surface area contributed by atoms with Gasteiger partial charge in [0.25, 0.3) is 0 Å². The largest absolute Gasteiger partial charge is 0.493 e. The van der Waals surface area contributed by atoms with Gasteiger partial charge in [-0.3, -0.25) is 4.79 Å². The van der Waals surface area contributed by atoms with E-state index < -0.39 is 0 Å². The summed E-state index contributed by atoms with van der Waals surface area (Å²) in [6.45, 7) is 7.48. The minimum atomic E-state index is -0.248. The minimum Gasteiger partial charge on any atom is -0.493 e. The smallest absolute Gasteiger partial charge is 0.223 e. The highest BCUT2D eigenvalue weighted by atomic mass is 19.1. The van der Waals surface area contributed by atoms with Crippen LogP contribution >= 0.6 is 0 Å². The summed E-state index contributed by atoms with van der Waals surface area (Å²) in [5.74, 6) is 1.28. The van der Waals surface area contributed by atoms with Crippen LogP contribution in [0.5, 0.6) is 5.75 Å². The van der Waals surface area contributed by atoms with Crippen LogP contribution in [0.1, 0.15) is 44.2 Å². The zero-order valence-electron chi connectivity index (χ0n) is 19.0. The number of ether oxygens (including phenoxy) is 1. The van der Waals surface area contributed by atoms with Gasteiger partial charge in [-0.15, -0.1) is 0 Å². The van der Waals surface area contributed by atoms with E-state index in [-0.39, 0.29) is 17.8 Å². The quantitative estimate of drug-likeness (QED) is 0.571. The number of benzene rings is 2. The van der Waals surface area contributed by atoms with Crippen molar-refractivity contribution in [2.75, 3.05) is 26.7 Å². The third-order valence-corrected chi connectivity index (χ3v) is 5.85. The molecule has 1 amide bonds.